The van der Waals surface area contributed by atoms with Gasteiger partial charge in [0.05, 0.1) is 32.2 Å². The van der Waals surface area contributed by atoms with Crippen molar-refractivity contribution < 1.29 is 23.9 Å². The number of imide groups is 1. The van der Waals surface area contributed by atoms with E-state index in [9.17, 15) is 19.2 Å². The molecule has 184 valence electrons. The molecule has 0 aliphatic carbocycles. The van der Waals surface area contributed by atoms with E-state index in [0.717, 1.165) is 9.80 Å². The van der Waals surface area contributed by atoms with Crippen LogP contribution < -0.4 is 16.0 Å². The van der Waals surface area contributed by atoms with Crippen molar-refractivity contribution >= 4 is 75.7 Å². The van der Waals surface area contributed by atoms with Crippen LogP contribution in [0.2, 0.25) is 10.0 Å². The van der Waals surface area contributed by atoms with Gasteiger partial charge in [0, 0.05) is 17.0 Å². The Morgan fingerprint density at radius 1 is 1.06 bits per heavy atom. The smallest absolute Gasteiger partial charge is 0.338 e. The van der Waals surface area contributed by atoms with Crippen molar-refractivity contribution in [3.05, 3.63) is 82.3 Å². The van der Waals surface area contributed by atoms with Crippen LogP contribution in [0.3, 0.4) is 0 Å². The van der Waals surface area contributed by atoms with E-state index in [1.165, 1.54) is 36.0 Å². The topological polar surface area (TPSA) is 119 Å². The lowest BCUT2D eigenvalue weighted by atomic mass is 10.2. The van der Waals surface area contributed by atoms with Crippen molar-refractivity contribution in [1.82, 2.24) is 0 Å². The molecule has 0 aromatic heterocycles. The van der Waals surface area contributed by atoms with Gasteiger partial charge in [-0.15, -0.1) is 11.8 Å². The van der Waals surface area contributed by atoms with Crippen LogP contribution in [0.15, 0.2) is 71.6 Å². The Morgan fingerprint density at radius 3 is 2.50 bits per heavy atom. The van der Waals surface area contributed by atoms with Crippen LogP contribution in [0.5, 0.6) is 0 Å². The number of amides is 3. The Kier molecular flexibility index (Phi) is 7.83. The Labute approximate surface area is 220 Å². The van der Waals surface area contributed by atoms with E-state index in [1.807, 2.05) is 6.07 Å². The number of nitrogens with zero attached hydrogens (tertiary/aromatic N) is 1. The number of nitrogens with one attached hydrogen (secondary N) is 1. The first-order valence-electron chi connectivity index (χ1n) is 10.6. The molecule has 0 bridgehead atoms. The largest absolute Gasteiger partial charge is 0.452 e. The Balaban J connectivity index is 1.35. The lowest BCUT2D eigenvalue weighted by Crippen LogP contribution is -2.31. The number of nitrogens with two attached hydrogens (primary N) is 1. The third kappa shape index (κ3) is 5.81. The minimum absolute atomic E-state index is 0.0495. The van der Waals surface area contributed by atoms with Gasteiger partial charge in [-0.2, -0.15) is 0 Å². The van der Waals surface area contributed by atoms with Gasteiger partial charge in [-0.05, 0) is 54.6 Å². The number of halogens is 2. The highest BCUT2D eigenvalue weighted by Crippen LogP contribution is 2.34. The number of esters is 1. The van der Waals surface area contributed by atoms with Crippen LogP contribution in [-0.2, 0) is 19.1 Å². The van der Waals surface area contributed by atoms with Crippen molar-refractivity contribution in [3.8, 4) is 0 Å². The number of hydrogen-bond acceptors (Lipinski definition) is 7. The minimum atomic E-state index is -0.747. The summed E-state index contributed by atoms with van der Waals surface area (Å²) in [6.45, 7) is -0.546. The predicted molar refractivity (Wildman–Crippen MR) is 139 cm³/mol. The summed E-state index contributed by atoms with van der Waals surface area (Å²) < 4.78 is 5.04. The molecule has 11 heteroatoms. The second-order valence-electron chi connectivity index (χ2n) is 7.72. The molecule has 0 saturated carbocycles. The Morgan fingerprint density at radius 2 is 1.78 bits per heavy atom. The number of rotatable bonds is 7. The molecule has 1 unspecified atom stereocenters. The fourth-order valence-corrected chi connectivity index (χ4v) is 4.94. The molecule has 1 atom stereocenters. The minimum Gasteiger partial charge on any atom is -0.452 e. The van der Waals surface area contributed by atoms with E-state index in [-0.39, 0.29) is 33.8 Å². The second-order valence-corrected chi connectivity index (χ2v) is 9.78. The molecule has 3 aromatic carbocycles. The number of benzene rings is 3. The van der Waals surface area contributed by atoms with E-state index < -0.39 is 23.7 Å². The average Bonchev–Trinajstić information content (AvgIpc) is 3.13. The van der Waals surface area contributed by atoms with Gasteiger partial charge in [0.25, 0.3) is 5.91 Å². The number of carbonyl (C=O) groups excluding carboxylic acids is 4. The highest BCUT2D eigenvalue weighted by atomic mass is 35.5. The lowest BCUT2D eigenvalue weighted by molar-refractivity contribution is -0.121. The molecule has 1 aliphatic rings. The van der Waals surface area contributed by atoms with Crippen molar-refractivity contribution in [2.45, 2.75) is 16.6 Å². The van der Waals surface area contributed by atoms with Gasteiger partial charge in [0.15, 0.2) is 6.61 Å². The summed E-state index contributed by atoms with van der Waals surface area (Å²) >= 11 is 13.2. The summed E-state index contributed by atoms with van der Waals surface area (Å²) in [6, 6.07) is 17.6. The lowest BCUT2D eigenvalue weighted by Gasteiger charge is -2.15. The summed E-state index contributed by atoms with van der Waals surface area (Å²) in [5.74, 6) is -2.03. The first kappa shape index (κ1) is 25.6. The zero-order chi connectivity index (χ0) is 25.8. The zero-order valence-electron chi connectivity index (χ0n) is 18.6. The second kappa shape index (κ2) is 11.0. The van der Waals surface area contributed by atoms with Gasteiger partial charge >= 0.3 is 5.97 Å². The summed E-state index contributed by atoms with van der Waals surface area (Å²) in [5.41, 5.74) is 7.14. The normalized spacial score (nSPS) is 15.2. The molecule has 3 amide bonds. The van der Waals surface area contributed by atoms with Crippen LogP contribution in [-0.4, -0.2) is 35.5 Å². The van der Waals surface area contributed by atoms with Crippen molar-refractivity contribution in [2.24, 2.45) is 0 Å². The Hall–Kier alpha value is -3.53. The van der Waals surface area contributed by atoms with Gasteiger partial charge in [-0.3, -0.25) is 14.4 Å². The monoisotopic (exact) mass is 543 g/mol. The number of carbonyl (C=O) groups is 4. The third-order valence-electron chi connectivity index (χ3n) is 5.16. The van der Waals surface area contributed by atoms with Crippen LogP contribution in [0.1, 0.15) is 16.8 Å². The number of nitrogen functional groups attached to an aromatic ring is 1. The van der Waals surface area contributed by atoms with Gasteiger partial charge in [-0.1, -0.05) is 35.3 Å². The molecule has 1 fully saturated rings. The van der Waals surface area contributed by atoms with Crippen molar-refractivity contribution in [3.63, 3.8) is 0 Å². The molecule has 0 spiro atoms. The molecule has 3 N–H and O–H groups in total. The third-order valence-corrected chi connectivity index (χ3v) is 7.16. The zero-order valence-corrected chi connectivity index (χ0v) is 20.9. The fraction of sp³-hybridized carbons (Fsp3) is 0.120. The van der Waals surface area contributed by atoms with Crippen LogP contribution in [0.4, 0.5) is 17.1 Å². The number of hydrogen-bond donors (Lipinski definition) is 2. The van der Waals surface area contributed by atoms with Crippen molar-refractivity contribution in [2.75, 3.05) is 22.6 Å². The molecule has 1 saturated heterocycles. The Bertz CT molecular complexity index is 1350. The molecule has 1 heterocycles. The molecule has 8 nitrogen and oxygen atoms in total. The maximum Gasteiger partial charge on any atom is 0.338 e. The molecule has 36 heavy (non-hydrogen) atoms. The van der Waals surface area contributed by atoms with Crippen molar-refractivity contribution in [1.29, 1.82) is 0 Å². The summed E-state index contributed by atoms with van der Waals surface area (Å²) in [7, 11) is 0. The number of ether oxygens (including phenoxy) is 1. The quantitative estimate of drug-likeness (QED) is 0.249. The number of thioether (sulfide) groups is 1. The molecular weight excluding hydrogens is 525 g/mol. The molecule has 3 aromatic rings. The van der Waals surface area contributed by atoms with Gasteiger partial charge in [-0.25, -0.2) is 9.69 Å². The average molecular weight is 544 g/mol. The summed E-state index contributed by atoms with van der Waals surface area (Å²) in [6.07, 6.45) is 0.0495. The number of anilines is 3. The van der Waals surface area contributed by atoms with E-state index in [2.05, 4.69) is 5.32 Å². The molecule has 4 rings (SSSR count). The van der Waals surface area contributed by atoms with Gasteiger partial charge < -0.3 is 15.8 Å². The SMILES string of the molecule is Nc1cccc(SC2CC(=O)N(c3ccc(C(=O)OCC(=O)Nc4cccc(Cl)c4Cl)cc3)C2=O)c1. The molecular formula is C25H19Cl2N3O5S. The fourth-order valence-electron chi connectivity index (χ4n) is 3.47. The highest BCUT2D eigenvalue weighted by molar-refractivity contribution is 8.00. The predicted octanol–water partition coefficient (Wildman–Crippen LogP) is 4.80. The molecule has 0 radical (unpaired) electrons. The van der Waals surface area contributed by atoms with E-state index in [0.29, 0.717) is 17.1 Å². The summed E-state index contributed by atoms with van der Waals surface area (Å²) in [4.78, 5) is 51.8. The maximum atomic E-state index is 12.9. The van der Waals surface area contributed by atoms with Gasteiger partial charge in [0.1, 0.15) is 0 Å². The molecule has 1 aliphatic heterocycles. The van der Waals surface area contributed by atoms with E-state index >= 15 is 0 Å². The standard InChI is InChI=1S/C25H19Cl2N3O5S/c26-18-5-2-6-19(23(18)27)29-21(31)13-35-25(34)14-7-9-16(10-8-14)30-22(32)12-20(24(30)33)36-17-4-1-3-15(28)11-17/h1-11,20H,12-13,28H2,(H,29,31). The van der Waals surface area contributed by atoms with E-state index in [4.69, 9.17) is 33.7 Å². The first-order chi connectivity index (χ1) is 17.2. The van der Waals surface area contributed by atoms with Crippen LogP contribution in [0, 0.1) is 0 Å². The van der Waals surface area contributed by atoms with Crippen LogP contribution in [0.25, 0.3) is 0 Å². The van der Waals surface area contributed by atoms with Crippen LogP contribution >= 0.6 is 35.0 Å². The first-order valence-corrected chi connectivity index (χ1v) is 12.3. The van der Waals surface area contributed by atoms with Gasteiger partial charge in [0.2, 0.25) is 11.8 Å². The highest BCUT2D eigenvalue weighted by Gasteiger charge is 2.40. The maximum absolute atomic E-state index is 12.9. The summed E-state index contributed by atoms with van der Waals surface area (Å²) in [5, 5.41) is 2.39. The van der Waals surface area contributed by atoms with E-state index in [1.54, 1.807) is 36.4 Å².